The molecule has 0 amide bonds. The molecule has 0 aromatic carbocycles. The zero-order valence-corrected chi connectivity index (χ0v) is 5.36. The average Bonchev–Trinajstić information content (AvgIpc) is 1.87. The van der Waals surface area contributed by atoms with E-state index >= 15 is 0 Å². The molecule has 0 aromatic rings. The molecule has 1 rings (SSSR count). The van der Waals surface area contributed by atoms with Gasteiger partial charge in [-0.15, -0.1) is 10.2 Å². The molecule has 0 atom stereocenters. The van der Waals surface area contributed by atoms with Crippen molar-refractivity contribution >= 4 is 20.7 Å². The van der Waals surface area contributed by atoms with Gasteiger partial charge in [0.15, 0.2) is 0 Å². The molecule has 1 heterocycles. The summed E-state index contributed by atoms with van der Waals surface area (Å²) in [6, 6.07) is 0. The molecule has 4 nitrogen and oxygen atoms in total. The fourth-order valence-corrected chi connectivity index (χ4v) is 0.653. The fraction of sp³-hybridized carbons (Fsp3) is 0.500. The number of hydrogen-bond acceptors (Lipinski definition) is 4. The van der Waals surface area contributed by atoms with Crippen LogP contribution in [0.2, 0.25) is 0 Å². The molecule has 0 unspecified atom stereocenters. The SMILES string of the molecule is CN1NN=C(Br)N1. The first-order chi connectivity index (χ1) is 3.29. The van der Waals surface area contributed by atoms with E-state index in [0.29, 0.717) is 4.74 Å². The van der Waals surface area contributed by atoms with E-state index in [1.54, 1.807) is 5.12 Å². The van der Waals surface area contributed by atoms with Crippen molar-refractivity contribution in [1.82, 2.24) is 16.1 Å². The second-order valence-electron chi connectivity index (χ2n) is 1.17. The van der Waals surface area contributed by atoms with Gasteiger partial charge in [0.05, 0.1) is 0 Å². The Morgan fingerprint density at radius 2 is 2.57 bits per heavy atom. The first-order valence-electron chi connectivity index (χ1n) is 1.78. The van der Waals surface area contributed by atoms with Gasteiger partial charge in [0.2, 0.25) is 4.74 Å². The molecule has 0 radical (unpaired) electrons. The predicted octanol–water partition coefficient (Wildman–Crippen LogP) is -0.393. The molecule has 5 heteroatoms. The third-order valence-electron chi connectivity index (χ3n) is 0.558. The Kier molecular flexibility index (Phi) is 1.16. The number of hydrazone groups is 1. The maximum Gasteiger partial charge on any atom is 0.206 e. The van der Waals surface area contributed by atoms with Crippen molar-refractivity contribution in [3.8, 4) is 0 Å². The van der Waals surface area contributed by atoms with Crippen molar-refractivity contribution in [3.63, 3.8) is 0 Å². The van der Waals surface area contributed by atoms with Gasteiger partial charge >= 0.3 is 0 Å². The number of nitrogens with one attached hydrogen (secondary N) is 2. The van der Waals surface area contributed by atoms with Crippen molar-refractivity contribution in [3.05, 3.63) is 0 Å². The highest BCUT2D eigenvalue weighted by molar-refractivity contribution is 9.18. The minimum atomic E-state index is 0.704. The minimum absolute atomic E-state index is 0.704. The summed E-state index contributed by atoms with van der Waals surface area (Å²) in [5, 5.41) is 5.34. The third kappa shape index (κ3) is 1.04. The Bertz CT molecular complexity index is 99.9. The molecule has 0 aromatic heterocycles. The van der Waals surface area contributed by atoms with Crippen LogP contribution in [0.3, 0.4) is 0 Å². The Balaban J connectivity index is 2.42. The van der Waals surface area contributed by atoms with Gasteiger partial charge in [0.1, 0.15) is 0 Å². The fourth-order valence-electron chi connectivity index (χ4n) is 0.307. The van der Waals surface area contributed by atoms with Gasteiger partial charge in [0, 0.05) is 7.05 Å². The van der Waals surface area contributed by atoms with E-state index in [4.69, 9.17) is 0 Å². The highest BCUT2D eigenvalue weighted by atomic mass is 79.9. The third-order valence-corrected chi connectivity index (χ3v) is 0.913. The number of nitrogens with zero attached hydrogens (tertiary/aromatic N) is 2. The molecule has 1 aliphatic heterocycles. The summed E-state index contributed by atoms with van der Waals surface area (Å²) in [6.45, 7) is 0. The van der Waals surface area contributed by atoms with Gasteiger partial charge in [-0.25, -0.2) is 5.53 Å². The Hall–Kier alpha value is -0.290. The smallest absolute Gasteiger partial charge is 0.206 e. The molecule has 0 fully saturated rings. The first kappa shape index (κ1) is 4.86. The van der Waals surface area contributed by atoms with E-state index in [0.717, 1.165) is 0 Å². The second kappa shape index (κ2) is 1.67. The van der Waals surface area contributed by atoms with Gasteiger partial charge < -0.3 is 0 Å². The van der Waals surface area contributed by atoms with Crippen LogP contribution < -0.4 is 11.0 Å². The summed E-state index contributed by atoms with van der Waals surface area (Å²) in [5.41, 5.74) is 5.44. The van der Waals surface area contributed by atoms with E-state index < -0.39 is 0 Å². The van der Waals surface area contributed by atoms with Crippen molar-refractivity contribution in [1.29, 1.82) is 0 Å². The minimum Gasteiger partial charge on any atom is -0.277 e. The van der Waals surface area contributed by atoms with Crippen LogP contribution in [-0.4, -0.2) is 16.9 Å². The molecule has 0 saturated heterocycles. The molecule has 0 saturated carbocycles. The van der Waals surface area contributed by atoms with Crippen molar-refractivity contribution in [2.45, 2.75) is 0 Å². The van der Waals surface area contributed by atoms with Gasteiger partial charge in [-0.05, 0) is 15.9 Å². The Morgan fingerprint density at radius 1 is 1.86 bits per heavy atom. The standard InChI is InChI=1S/C2H5BrN4/c1-7-5-2(3)4-6-7/h6H,1H3,(H,4,5). The van der Waals surface area contributed by atoms with Crippen molar-refractivity contribution in [2.75, 3.05) is 7.05 Å². The quantitative estimate of drug-likeness (QED) is 0.480. The van der Waals surface area contributed by atoms with Gasteiger partial charge in [-0.2, -0.15) is 0 Å². The highest BCUT2D eigenvalue weighted by Crippen LogP contribution is 1.88. The summed E-state index contributed by atoms with van der Waals surface area (Å²) in [7, 11) is 1.82. The zero-order valence-electron chi connectivity index (χ0n) is 3.77. The maximum atomic E-state index is 3.72. The zero-order chi connectivity index (χ0) is 5.28. The number of halogens is 1. The van der Waals surface area contributed by atoms with Crippen molar-refractivity contribution < 1.29 is 0 Å². The normalized spacial score (nSPS) is 20.6. The van der Waals surface area contributed by atoms with Crippen LogP contribution in [0.5, 0.6) is 0 Å². The van der Waals surface area contributed by atoms with Crippen LogP contribution in [0.1, 0.15) is 0 Å². The summed E-state index contributed by atoms with van der Waals surface area (Å²) in [4.78, 5) is 0. The van der Waals surface area contributed by atoms with E-state index in [-0.39, 0.29) is 0 Å². The van der Waals surface area contributed by atoms with E-state index in [1.807, 2.05) is 7.05 Å². The summed E-state index contributed by atoms with van der Waals surface area (Å²) >= 11 is 3.11. The molecule has 0 bridgehead atoms. The molecule has 40 valence electrons. The van der Waals surface area contributed by atoms with E-state index in [9.17, 15) is 0 Å². The summed E-state index contributed by atoms with van der Waals surface area (Å²) in [5.74, 6) is 0. The number of hydrazine groups is 2. The average molecular weight is 165 g/mol. The van der Waals surface area contributed by atoms with Crippen LogP contribution in [0.4, 0.5) is 0 Å². The molecular formula is C2H5BrN4. The van der Waals surface area contributed by atoms with E-state index in [2.05, 4.69) is 32.0 Å². The van der Waals surface area contributed by atoms with Crippen LogP contribution in [0.25, 0.3) is 0 Å². The number of rotatable bonds is 0. The maximum absolute atomic E-state index is 3.72. The molecular weight excluding hydrogens is 160 g/mol. The largest absolute Gasteiger partial charge is 0.277 e. The van der Waals surface area contributed by atoms with Gasteiger partial charge in [-0.3, -0.25) is 5.43 Å². The number of amidine groups is 1. The monoisotopic (exact) mass is 164 g/mol. The summed E-state index contributed by atoms with van der Waals surface area (Å²) < 4.78 is 0.704. The van der Waals surface area contributed by atoms with Crippen LogP contribution in [0.15, 0.2) is 5.10 Å². The summed E-state index contributed by atoms with van der Waals surface area (Å²) in [6.07, 6.45) is 0. The molecule has 1 aliphatic rings. The predicted molar refractivity (Wildman–Crippen MR) is 30.4 cm³/mol. The van der Waals surface area contributed by atoms with Crippen LogP contribution in [0, 0.1) is 0 Å². The Labute approximate surface area is 49.6 Å². The Morgan fingerprint density at radius 3 is 2.71 bits per heavy atom. The van der Waals surface area contributed by atoms with Crippen LogP contribution >= 0.6 is 15.9 Å². The lowest BCUT2D eigenvalue weighted by atomic mass is 11.3. The van der Waals surface area contributed by atoms with Crippen LogP contribution in [-0.2, 0) is 0 Å². The topological polar surface area (TPSA) is 39.7 Å². The lowest BCUT2D eigenvalue weighted by molar-refractivity contribution is 0.232. The van der Waals surface area contributed by atoms with Crippen molar-refractivity contribution in [2.24, 2.45) is 5.10 Å². The molecule has 0 aliphatic carbocycles. The first-order valence-corrected chi connectivity index (χ1v) is 2.57. The highest BCUT2D eigenvalue weighted by Gasteiger charge is 2.03. The number of hydrogen-bond donors (Lipinski definition) is 2. The lowest BCUT2D eigenvalue weighted by Crippen LogP contribution is -2.35. The lowest BCUT2D eigenvalue weighted by Gasteiger charge is -2.04. The van der Waals surface area contributed by atoms with Gasteiger partial charge in [0.25, 0.3) is 0 Å². The molecule has 7 heavy (non-hydrogen) atoms. The second-order valence-corrected chi connectivity index (χ2v) is 1.92. The van der Waals surface area contributed by atoms with Gasteiger partial charge in [-0.1, -0.05) is 0 Å². The van der Waals surface area contributed by atoms with E-state index in [1.165, 1.54) is 0 Å². The molecule has 0 spiro atoms. The molecule has 2 N–H and O–H groups in total.